The van der Waals surface area contributed by atoms with Gasteiger partial charge in [0.05, 0.1) is 6.54 Å². The summed E-state index contributed by atoms with van der Waals surface area (Å²) in [6, 6.07) is 0.0710. The standard InChI is InChI=1S/C14H24F3N3O/c1-10-2-3-11(18)8-12(10)13(21)20-6-4-19(5-7-20)9-14(15,16)17/h10-12H,2-9,18H2,1H3. The summed E-state index contributed by atoms with van der Waals surface area (Å²) in [4.78, 5) is 15.6. The molecule has 1 saturated carbocycles. The first-order valence-electron chi connectivity index (χ1n) is 7.60. The molecule has 2 fully saturated rings. The fraction of sp³-hybridized carbons (Fsp3) is 0.929. The molecule has 0 aromatic rings. The number of nitrogens with two attached hydrogens (primary N) is 1. The van der Waals surface area contributed by atoms with Gasteiger partial charge < -0.3 is 10.6 Å². The minimum atomic E-state index is -4.17. The van der Waals surface area contributed by atoms with Gasteiger partial charge in [-0.05, 0) is 25.2 Å². The summed E-state index contributed by atoms with van der Waals surface area (Å²) in [6.07, 6.45) is -1.57. The van der Waals surface area contributed by atoms with Crippen molar-refractivity contribution in [3.8, 4) is 0 Å². The number of alkyl halides is 3. The molecular weight excluding hydrogens is 283 g/mol. The summed E-state index contributed by atoms with van der Waals surface area (Å²) in [5.74, 6) is 0.317. The van der Waals surface area contributed by atoms with E-state index in [4.69, 9.17) is 5.73 Å². The Bertz CT molecular complexity index is 367. The number of carbonyl (C=O) groups excluding carboxylic acids is 1. The van der Waals surface area contributed by atoms with Crippen LogP contribution in [0.2, 0.25) is 0 Å². The fourth-order valence-corrected chi connectivity index (χ4v) is 3.31. The number of piperazine rings is 1. The average molecular weight is 307 g/mol. The minimum Gasteiger partial charge on any atom is -0.340 e. The maximum Gasteiger partial charge on any atom is 0.401 e. The highest BCUT2D eigenvalue weighted by Gasteiger charge is 2.37. The van der Waals surface area contributed by atoms with Gasteiger partial charge in [-0.2, -0.15) is 13.2 Å². The molecule has 3 atom stereocenters. The van der Waals surface area contributed by atoms with Gasteiger partial charge in [0.2, 0.25) is 5.91 Å². The Hall–Kier alpha value is -0.820. The van der Waals surface area contributed by atoms with Crippen molar-refractivity contribution in [1.82, 2.24) is 9.80 Å². The highest BCUT2D eigenvalue weighted by Crippen LogP contribution is 2.31. The van der Waals surface area contributed by atoms with E-state index in [1.807, 2.05) is 0 Å². The normalized spacial score (nSPS) is 32.2. The van der Waals surface area contributed by atoms with Crippen LogP contribution in [0.1, 0.15) is 26.2 Å². The van der Waals surface area contributed by atoms with Crippen LogP contribution in [0.3, 0.4) is 0 Å². The van der Waals surface area contributed by atoms with E-state index in [1.54, 1.807) is 4.90 Å². The van der Waals surface area contributed by atoms with E-state index >= 15 is 0 Å². The van der Waals surface area contributed by atoms with Crippen molar-refractivity contribution >= 4 is 5.91 Å². The molecule has 21 heavy (non-hydrogen) atoms. The molecule has 0 aromatic carbocycles. The van der Waals surface area contributed by atoms with E-state index in [0.29, 0.717) is 38.5 Å². The number of hydrogen-bond donors (Lipinski definition) is 1. The second kappa shape index (κ2) is 6.52. The van der Waals surface area contributed by atoms with Crippen LogP contribution >= 0.6 is 0 Å². The Labute approximate surface area is 123 Å². The maximum atomic E-state index is 12.5. The maximum absolute atomic E-state index is 12.5. The third-order valence-corrected chi connectivity index (χ3v) is 4.64. The summed E-state index contributed by atoms with van der Waals surface area (Å²) in [6.45, 7) is 2.52. The van der Waals surface area contributed by atoms with Crippen molar-refractivity contribution in [1.29, 1.82) is 0 Å². The molecule has 1 amide bonds. The van der Waals surface area contributed by atoms with E-state index in [9.17, 15) is 18.0 Å². The molecule has 0 radical (unpaired) electrons. The average Bonchev–Trinajstić information content (AvgIpc) is 2.40. The number of nitrogens with zero attached hydrogens (tertiary/aromatic N) is 2. The molecule has 1 saturated heterocycles. The van der Waals surface area contributed by atoms with Crippen LogP contribution in [0.15, 0.2) is 0 Å². The van der Waals surface area contributed by atoms with Gasteiger partial charge in [-0.15, -0.1) is 0 Å². The van der Waals surface area contributed by atoms with Crippen LogP contribution in [0.4, 0.5) is 13.2 Å². The zero-order chi connectivity index (χ0) is 15.6. The first-order chi connectivity index (χ1) is 9.76. The molecule has 1 aliphatic carbocycles. The number of carbonyl (C=O) groups is 1. The molecule has 2 rings (SSSR count). The number of amides is 1. The van der Waals surface area contributed by atoms with E-state index < -0.39 is 12.7 Å². The number of rotatable bonds is 2. The second-order valence-electron chi connectivity index (χ2n) is 6.37. The smallest absolute Gasteiger partial charge is 0.340 e. The monoisotopic (exact) mass is 307 g/mol. The first-order valence-corrected chi connectivity index (χ1v) is 7.60. The highest BCUT2D eigenvalue weighted by atomic mass is 19.4. The molecule has 1 heterocycles. The Kier molecular flexibility index (Phi) is 5.14. The number of hydrogen-bond acceptors (Lipinski definition) is 3. The lowest BCUT2D eigenvalue weighted by molar-refractivity contribution is -0.153. The van der Waals surface area contributed by atoms with Crippen LogP contribution in [0, 0.1) is 11.8 Å². The van der Waals surface area contributed by atoms with E-state index in [0.717, 1.165) is 12.8 Å². The predicted molar refractivity (Wildman–Crippen MR) is 73.6 cm³/mol. The largest absolute Gasteiger partial charge is 0.401 e. The zero-order valence-corrected chi connectivity index (χ0v) is 12.4. The van der Waals surface area contributed by atoms with Crippen molar-refractivity contribution in [2.45, 2.75) is 38.4 Å². The van der Waals surface area contributed by atoms with Gasteiger partial charge in [0.15, 0.2) is 0 Å². The summed E-state index contributed by atoms with van der Waals surface area (Å²) < 4.78 is 37.0. The van der Waals surface area contributed by atoms with Crippen LogP contribution < -0.4 is 5.73 Å². The molecule has 122 valence electrons. The molecule has 0 aromatic heterocycles. The van der Waals surface area contributed by atoms with Gasteiger partial charge in [-0.3, -0.25) is 9.69 Å². The third-order valence-electron chi connectivity index (χ3n) is 4.64. The van der Waals surface area contributed by atoms with E-state index in [-0.39, 0.29) is 17.9 Å². The number of halogens is 3. The van der Waals surface area contributed by atoms with Crippen molar-refractivity contribution in [2.24, 2.45) is 17.6 Å². The van der Waals surface area contributed by atoms with Crippen molar-refractivity contribution < 1.29 is 18.0 Å². The van der Waals surface area contributed by atoms with Gasteiger partial charge in [-0.1, -0.05) is 6.92 Å². The lowest BCUT2D eigenvalue weighted by Crippen LogP contribution is -2.53. The molecule has 4 nitrogen and oxygen atoms in total. The van der Waals surface area contributed by atoms with Gasteiger partial charge in [0.1, 0.15) is 0 Å². The second-order valence-corrected chi connectivity index (χ2v) is 6.37. The Morgan fingerprint density at radius 1 is 1.19 bits per heavy atom. The summed E-state index contributed by atoms with van der Waals surface area (Å²) in [7, 11) is 0. The van der Waals surface area contributed by atoms with Crippen LogP contribution in [0.5, 0.6) is 0 Å². The summed E-state index contributed by atoms with van der Waals surface area (Å²) in [5, 5.41) is 0. The first kappa shape index (κ1) is 16.5. The van der Waals surface area contributed by atoms with Crippen molar-refractivity contribution in [3.05, 3.63) is 0 Å². The van der Waals surface area contributed by atoms with Crippen LogP contribution in [-0.4, -0.2) is 60.6 Å². The molecule has 0 spiro atoms. The topological polar surface area (TPSA) is 49.6 Å². The molecule has 2 N–H and O–H groups in total. The Morgan fingerprint density at radius 2 is 1.81 bits per heavy atom. The van der Waals surface area contributed by atoms with Crippen molar-refractivity contribution in [2.75, 3.05) is 32.7 Å². The summed E-state index contributed by atoms with van der Waals surface area (Å²) in [5.41, 5.74) is 5.94. The van der Waals surface area contributed by atoms with Gasteiger partial charge in [0, 0.05) is 38.1 Å². The highest BCUT2D eigenvalue weighted by molar-refractivity contribution is 5.79. The fourth-order valence-electron chi connectivity index (χ4n) is 3.31. The van der Waals surface area contributed by atoms with Crippen LogP contribution in [-0.2, 0) is 4.79 Å². The zero-order valence-electron chi connectivity index (χ0n) is 12.4. The Morgan fingerprint density at radius 3 is 2.38 bits per heavy atom. The third kappa shape index (κ3) is 4.57. The van der Waals surface area contributed by atoms with Crippen molar-refractivity contribution in [3.63, 3.8) is 0 Å². The molecule has 2 aliphatic rings. The predicted octanol–water partition coefficient (Wildman–Crippen LogP) is 1.46. The molecule has 3 unspecified atom stereocenters. The lowest BCUT2D eigenvalue weighted by Gasteiger charge is -2.39. The van der Waals surface area contributed by atoms with Gasteiger partial charge in [-0.25, -0.2) is 0 Å². The molecule has 0 bridgehead atoms. The van der Waals surface area contributed by atoms with E-state index in [1.165, 1.54) is 4.90 Å². The summed E-state index contributed by atoms with van der Waals surface area (Å²) >= 11 is 0. The molecule has 7 heteroatoms. The quantitative estimate of drug-likeness (QED) is 0.840. The molecular formula is C14H24F3N3O. The van der Waals surface area contributed by atoms with Crippen LogP contribution in [0.25, 0.3) is 0 Å². The molecule has 1 aliphatic heterocycles. The van der Waals surface area contributed by atoms with E-state index in [2.05, 4.69) is 6.92 Å². The van der Waals surface area contributed by atoms with Gasteiger partial charge >= 0.3 is 6.18 Å². The lowest BCUT2D eigenvalue weighted by atomic mass is 9.77. The Balaban J connectivity index is 1.85. The SMILES string of the molecule is CC1CCC(N)CC1C(=O)N1CCN(CC(F)(F)F)CC1. The van der Waals surface area contributed by atoms with Gasteiger partial charge in [0.25, 0.3) is 0 Å². The minimum absolute atomic E-state index is 0.0667.